The lowest BCUT2D eigenvalue weighted by atomic mass is 10.0. The van der Waals surface area contributed by atoms with Gasteiger partial charge in [-0.3, -0.25) is 0 Å². The minimum Gasteiger partial charge on any atom is -0.307 e. The van der Waals surface area contributed by atoms with Crippen LogP contribution >= 0.6 is 0 Å². The summed E-state index contributed by atoms with van der Waals surface area (Å²) in [5.74, 6) is 0.694. The van der Waals surface area contributed by atoms with Crippen molar-refractivity contribution < 1.29 is 0 Å². The zero-order chi connectivity index (χ0) is 37.0. The van der Waals surface area contributed by atoms with Gasteiger partial charge in [-0.25, -0.2) is 9.97 Å². The Morgan fingerprint density at radius 3 is 1.54 bits per heavy atom. The van der Waals surface area contributed by atoms with Crippen LogP contribution in [0.4, 0.5) is 0 Å². The monoisotopic (exact) mass is 714 g/mol. The van der Waals surface area contributed by atoms with E-state index in [2.05, 4.69) is 191 Å². The van der Waals surface area contributed by atoms with Gasteiger partial charge in [0.25, 0.3) is 0 Å². The third kappa shape index (κ3) is 5.15. The minimum atomic E-state index is 0.694. The van der Waals surface area contributed by atoms with E-state index in [0.29, 0.717) is 5.82 Å². The van der Waals surface area contributed by atoms with Gasteiger partial charge >= 0.3 is 0 Å². The fourth-order valence-corrected chi connectivity index (χ4v) is 8.42. The van der Waals surface area contributed by atoms with Gasteiger partial charge in [0.15, 0.2) is 5.82 Å². The first-order valence-electron chi connectivity index (χ1n) is 19.0. The third-order valence-electron chi connectivity index (χ3n) is 10.9. The lowest BCUT2D eigenvalue weighted by molar-refractivity contribution is 1.14. The highest BCUT2D eigenvalue weighted by molar-refractivity contribution is 6.24. The van der Waals surface area contributed by atoms with Crippen molar-refractivity contribution in [3.05, 3.63) is 206 Å². The van der Waals surface area contributed by atoms with Crippen molar-refractivity contribution in [3.8, 4) is 56.4 Å². The summed E-state index contributed by atoms with van der Waals surface area (Å²) in [6.07, 6.45) is 0. The molecule has 0 fully saturated rings. The van der Waals surface area contributed by atoms with E-state index in [9.17, 15) is 0 Å². The number of benzene rings is 8. The van der Waals surface area contributed by atoms with Gasteiger partial charge in [-0.15, -0.1) is 0 Å². The highest BCUT2D eigenvalue weighted by Crippen LogP contribution is 2.43. The van der Waals surface area contributed by atoms with E-state index in [-0.39, 0.29) is 0 Å². The average Bonchev–Trinajstić information content (AvgIpc) is 3.80. The SMILES string of the molecule is c1ccc(-c2cccc(-n3c4ccccc4c4ccc5c6ccccc6n(-c6ccccc6-c6cc(-c7ccccc7)nc(-c7ccccc7)n6)c5c43)c2)cc1. The summed E-state index contributed by atoms with van der Waals surface area (Å²) < 4.78 is 4.92. The number of nitrogens with zero attached hydrogens (tertiary/aromatic N) is 4. The Balaban J connectivity index is 1.24. The zero-order valence-corrected chi connectivity index (χ0v) is 30.4. The summed E-state index contributed by atoms with van der Waals surface area (Å²) in [4.78, 5) is 10.4. The van der Waals surface area contributed by atoms with Crippen molar-refractivity contribution in [2.45, 2.75) is 0 Å². The second-order valence-corrected chi connectivity index (χ2v) is 14.2. The van der Waals surface area contributed by atoms with Crippen LogP contribution in [0.5, 0.6) is 0 Å². The number of hydrogen-bond acceptors (Lipinski definition) is 2. The van der Waals surface area contributed by atoms with Gasteiger partial charge in [0.1, 0.15) is 0 Å². The molecular weight excluding hydrogens is 681 g/mol. The Morgan fingerprint density at radius 2 is 0.839 bits per heavy atom. The van der Waals surface area contributed by atoms with Crippen LogP contribution in [-0.4, -0.2) is 19.1 Å². The van der Waals surface area contributed by atoms with Gasteiger partial charge in [0.2, 0.25) is 0 Å². The molecule has 3 heterocycles. The molecule has 0 unspecified atom stereocenters. The maximum absolute atomic E-state index is 5.30. The van der Waals surface area contributed by atoms with Crippen LogP contribution in [0.2, 0.25) is 0 Å². The van der Waals surface area contributed by atoms with Crippen LogP contribution in [-0.2, 0) is 0 Å². The first-order chi connectivity index (χ1) is 27.8. The molecule has 0 N–H and O–H groups in total. The van der Waals surface area contributed by atoms with E-state index < -0.39 is 0 Å². The molecule has 8 aromatic carbocycles. The number of rotatable bonds is 6. The fourth-order valence-electron chi connectivity index (χ4n) is 8.42. The molecule has 0 aliphatic heterocycles. The maximum Gasteiger partial charge on any atom is 0.160 e. The Labute approximate surface area is 324 Å². The van der Waals surface area contributed by atoms with Gasteiger partial charge in [-0.05, 0) is 47.5 Å². The van der Waals surface area contributed by atoms with Gasteiger partial charge in [0.05, 0.1) is 39.1 Å². The third-order valence-corrected chi connectivity index (χ3v) is 10.9. The van der Waals surface area contributed by atoms with Crippen LogP contribution < -0.4 is 0 Å². The fraction of sp³-hybridized carbons (Fsp3) is 0. The van der Waals surface area contributed by atoms with Crippen LogP contribution in [0.15, 0.2) is 206 Å². The Hall–Kier alpha value is -7.56. The van der Waals surface area contributed by atoms with Gasteiger partial charge < -0.3 is 9.13 Å². The average molecular weight is 715 g/mol. The number of aromatic nitrogens is 4. The molecule has 4 nitrogen and oxygen atoms in total. The molecule has 262 valence electrons. The molecule has 0 radical (unpaired) electrons. The van der Waals surface area contributed by atoms with Crippen molar-refractivity contribution in [2.75, 3.05) is 0 Å². The van der Waals surface area contributed by atoms with Crippen molar-refractivity contribution in [3.63, 3.8) is 0 Å². The van der Waals surface area contributed by atoms with Gasteiger partial charge in [-0.1, -0.05) is 170 Å². The summed E-state index contributed by atoms with van der Waals surface area (Å²) in [7, 11) is 0. The molecule has 0 spiro atoms. The van der Waals surface area contributed by atoms with Crippen molar-refractivity contribution in [1.82, 2.24) is 19.1 Å². The van der Waals surface area contributed by atoms with Crippen LogP contribution in [0.1, 0.15) is 0 Å². The number of para-hydroxylation sites is 3. The molecule has 0 aliphatic rings. The first-order valence-corrected chi connectivity index (χ1v) is 19.0. The second kappa shape index (κ2) is 13.1. The second-order valence-electron chi connectivity index (χ2n) is 14.2. The summed E-state index contributed by atoms with van der Waals surface area (Å²) in [5, 5.41) is 4.82. The standard InChI is InChI=1S/C52H34N4/c1-4-17-35(18-5-1)38-23-16-24-39(33-38)55-47-28-13-10-25-40(47)42-31-32-43-41-26-11-14-29-48(41)56(51(43)50(42)55)49-30-15-12-27-44(49)46-34-45(36-19-6-2-7-20-36)53-52(54-46)37-21-8-3-9-22-37/h1-34H. The number of fused-ring (bicyclic) bond motifs is 7. The van der Waals surface area contributed by atoms with E-state index in [0.717, 1.165) is 56.0 Å². The van der Waals surface area contributed by atoms with E-state index in [4.69, 9.17) is 9.97 Å². The number of hydrogen-bond donors (Lipinski definition) is 0. The Kier molecular flexibility index (Phi) is 7.46. The predicted octanol–water partition coefficient (Wildman–Crippen LogP) is 13.3. The Bertz CT molecular complexity index is 3170. The first kappa shape index (κ1) is 31.9. The van der Waals surface area contributed by atoms with E-state index in [1.165, 1.54) is 38.2 Å². The predicted molar refractivity (Wildman–Crippen MR) is 232 cm³/mol. The van der Waals surface area contributed by atoms with E-state index >= 15 is 0 Å². The molecule has 4 heteroatoms. The van der Waals surface area contributed by atoms with Crippen molar-refractivity contribution in [1.29, 1.82) is 0 Å². The summed E-state index contributed by atoms with van der Waals surface area (Å²) in [6.45, 7) is 0. The van der Waals surface area contributed by atoms with Gasteiger partial charge in [-0.2, -0.15) is 0 Å². The van der Waals surface area contributed by atoms with Crippen molar-refractivity contribution in [2.24, 2.45) is 0 Å². The quantitative estimate of drug-likeness (QED) is 0.172. The molecule has 0 saturated heterocycles. The molecule has 0 amide bonds. The van der Waals surface area contributed by atoms with Crippen LogP contribution in [0.3, 0.4) is 0 Å². The Morgan fingerprint density at radius 1 is 0.321 bits per heavy atom. The van der Waals surface area contributed by atoms with E-state index in [1.807, 2.05) is 24.3 Å². The lowest BCUT2D eigenvalue weighted by Crippen LogP contribution is -2.02. The van der Waals surface area contributed by atoms with Gasteiger partial charge in [0, 0.05) is 43.9 Å². The van der Waals surface area contributed by atoms with Crippen LogP contribution in [0.25, 0.3) is 100 Å². The smallest absolute Gasteiger partial charge is 0.160 e. The molecule has 3 aromatic heterocycles. The lowest BCUT2D eigenvalue weighted by Gasteiger charge is -2.17. The highest BCUT2D eigenvalue weighted by Gasteiger charge is 2.23. The summed E-state index contributed by atoms with van der Waals surface area (Å²) >= 11 is 0. The molecule has 0 saturated carbocycles. The largest absolute Gasteiger partial charge is 0.307 e. The van der Waals surface area contributed by atoms with E-state index in [1.54, 1.807) is 0 Å². The van der Waals surface area contributed by atoms with Crippen LogP contribution in [0, 0.1) is 0 Å². The topological polar surface area (TPSA) is 35.6 Å². The maximum atomic E-state index is 5.30. The molecule has 0 bridgehead atoms. The molecule has 11 rings (SSSR count). The minimum absolute atomic E-state index is 0.694. The molecule has 56 heavy (non-hydrogen) atoms. The summed E-state index contributed by atoms with van der Waals surface area (Å²) in [5.41, 5.74) is 14.0. The highest BCUT2D eigenvalue weighted by atomic mass is 15.0. The summed E-state index contributed by atoms with van der Waals surface area (Å²) in [6, 6.07) is 73.2. The molecular formula is C52H34N4. The van der Waals surface area contributed by atoms with Crippen molar-refractivity contribution >= 4 is 43.6 Å². The zero-order valence-electron chi connectivity index (χ0n) is 30.4. The normalized spacial score (nSPS) is 11.6. The molecule has 0 atom stereocenters. The molecule has 11 aromatic rings. The molecule has 0 aliphatic carbocycles.